The fourth-order valence-corrected chi connectivity index (χ4v) is 0.689. The van der Waals surface area contributed by atoms with Gasteiger partial charge in [0.1, 0.15) is 0 Å². The number of rotatable bonds is 2. The molecule has 0 aliphatic rings. The molecule has 4 N–H and O–H groups in total. The molecule has 0 saturated heterocycles. The van der Waals surface area contributed by atoms with Gasteiger partial charge in [0.25, 0.3) is 0 Å². The number of aromatic nitrogens is 2. The van der Waals surface area contributed by atoms with Gasteiger partial charge in [-0.3, -0.25) is 5.43 Å². The van der Waals surface area contributed by atoms with E-state index in [0.717, 1.165) is 5.56 Å². The summed E-state index contributed by atoms with van der Waals surface area (Å²) in [6, 6.07) is 0. The van der Waals surface area contributed by atoms with Crippen molar-refractivity contribution in [1.29, 1.82) is 0 Å². The third-order valence-electron chi connectivity index (χ3n) is 1.30. The van der Waals surface area contributed by atoms with Crippen molar-refractivity contribution >= 4 is 29.5 Å². The number of nitrogen functional groups attached to an aromatic ring is 1. The molecule has 0 spiro atoms. The van der Waals surface area contributed by atoms with Crippen LogP contribution in [0.5, 0.6) is 0 Å². The van der Waals surface area contributed by atoms with E-state index in [2.05, 4.69) is 25.8 Å². The molecule has 1 aromatic rings. The number of anilines is 1. The topological polar surface area (TPSA) is 88.2 Å². The monoisotopic (exact) mass is 210 g/mol. The first-order valence-corrected chi connectivity index (χ1v) is 4.21. The summed E-state index contributed by atoms with van der Waals surface area (Å²) in [5.41, 5.74) is 8.65. The molecule has 0 aliphatic carbocycles. The number of hydrogen-bond acceptors (Lipinski definition) is 5. The Labute approximate surface area is 86.6 Å². The molecule has 0 amide bonds. The summed E-state index contributed by atoms with van der Waals surface area (Å²) in [7, 11) is 1.71. The molecule has 1 rings (SSSR count). The second-order valence-corrected chi connectivity index (χ2v) is 2.73. The highest BCUT2D eigenvalue weighted by molar-refractivity contribution is 7.80. The highest BCUT2D eigenvalue weighted by atomic mass is 32.1. The lowest BCUT2D eigenvalue weighted by atomic mass is 10.4. The molecular weight excluding hydrogens is 200 g/mol. The molecule has 0 saturated carbocycles. The molecular formula is C7H10N6S. The van der Waals surface area contributed by atoms with Crippen LogP contribution in [0.1, 0.15) is 5.56 Å². The first-order valence-electron chi connectivity index (χ1n) is 3.80. The molecule has 1 aromatic heterocycles. The fourth-order valence-electron chi connectivity index (χ4n) is 0.636. The zero-order chi connectivity index (χ0) is 10.4. The zero-order valence-electron chi connectivity index (χ0n) is 7.56. The maximum Gasteiger partial charge on any atom is 0.219 e. The largest absolute Gasteiger partial charge is 0.368 e. The van der Waals surface area contributed by atoms with Crippen molar-refractivity contribution in [2.45, 2.75) is 0 Å². The Morgan fingerprint density at radius 2 is 2.21 bits per heavy atom. The van der Waals surface area contributed by atoms with Crippen molar-refractivity contribution in [3.63, 3.8) is 0 Å². The molecule has 0 bridgehead atoms. The second-order valence-electron chi connectivity index (χ2n) is 2.32. The smallest absolute Gasteiger partial charge is 0.219 e. The van der Waals surface area contributed by atoms with Crippen molar-refractivity contribution in [3.8, 4) is 0 Å². The molecule has 0 unspecified atom stereocenters. The molecule has 0 aliphatic heterocycles. The second kappa shape index (κ2) is 5.07. The van der Waals surface area contributed by atoms with Crippen LogP contribution in [-0.2, 0) is 0 Å². The lowest BCUT2D eigenvalue weighted by Gasteiger charge is -1.99. The van der Waals surface area contributed by atoms with Crippen LogP contribution < -0.4 is 16.5 Å². The number of nitrogens with one attached hydrogen (secondary N) is 2. The molecule has 0 fully saturated rings. The predicted octanol–water partition coefficient (Wildman–Crippen LogP) is -0.513. The van der Waals surface area contributed by atoms with Crippen LogP contribution in [0, 0.1) is 0 Å². The summed E-state index contributed by atoms with van der Waals surface area (Å²) >= 11 is 4.80. The predicted molar refractivity (Wildman–Crippen MR) is 58.8 cm³/mol. The zero-order valence-corrected chi connectivity index (χ0v) is 8.38. The Balaban J connectivity index is 2.52. The Kier molecular flexibility index (Phi) is 3.74. The summed E-state index contributed by atoms with van der Waals surface area (Å²) < 4.78 is 0. The van der Waals surface area contributed by atoms with Gasteiger partial charge < -0.3 is 11.1 Å². The molecule has 7 heteroatoms. The third-order valence-corrected chi connectivity index (χ3v) is 1.59. The van der Waals surface area contributed by atoms with Gasteiger partial charge in [0.05, 0.1) is 6.21 Å². The number of hydrogen-bond donors (Lipinski definition) is 3. The minimum atomic E-state index is 0.237. The van der Waals surface area contributed by atoms with Gasteiger partial charge in [-0.2, -0.15) is 5.10 Å². The van der Waals surface area contributed by atoms with Gasteiger partial charge in [0, 0.05) is 25.0 Å². The highest BCUT2D eigenvalue weighted by Gasteiger charge is 1.90. The van der Waals surface area contributed by atoms with Gasteiger partial charge in [-0.15, -0.1) is 0 Å². The fraction of sp³-hybridized carbons (Fsp3) is 0.143. The lowest BCUT2D eigenvalue weighted by molar-refractivity contribution is 0.981. The van der Waals surface area contributed by atoms with Crippen LogP contribution in [0.4, 0.5) is 5.95 Å². The van der Waals surface area contributed by atoms with Gasteiger partial charge in [-0.05, 0) is 12.2 Å². The summed E-state index contributed by atoms with van der Waals surface area (Å²) in [4.78, 5) is 7.59. The van der Waals surface area contributed by atoms with E-state index in [1.165, 1.54) is 0 Å². The van der Waals surface area contributed by atoms with E-state index in [-0.39, 0.29) is 5.95 Å². The van der Waals surface area contributed by atoms with Gasteiger partial charge in [-0.25, -0.2) is 9.97 Å². The van der Waals surface area contributed by atoms with Crippen molar-refractivity contribution in [3.05, 3.63) is 18.0 Å². The maximum absolute atomic E-state index is 5.31. The van der Waals surface area contributed by atoms with E-state index in [4.69, 9.17) is 18.0 Å². The average molecular weight is 210 g/mol. The summed E-state index contributed by atoms with van der Waals surface area (Å²) in [5.74, 6) is 0.237. The molecule has 6 nitrogen and oxygen atoms in total. The Bertz CT molecular complexity index is 333. The maximum atomic E-state index is 5.31. The Morgan fingerprint density at radius 1 is 1.57 bits per heavy atom. The van der Waals surface area contributed by atoms with Crippen molar-refractivity contribution < 1.29 is 0 Å². The molecule has 1 heterocycles. The van der Waals surface area contributed by atoms with Crippen molar-refractivity contribution in [2.75, 3.05) is 12.8 Å². The van der Waals surface area contributed by atoms with Gasteiger partial charge >= 0.3 is 0 Å². The Morgan fingerprint density at radius 3 is 2.79 bits per heavy atom. The number of hydrazone groups is 1. The van der Waals surface area contributed by atoms with E-state index in [1.807, 2.05) is 0 Å². The van der Waals surface area contributed by atoms with E-state index in [1.54, 1.807) is 25.7 Å². The highest BCUT2D eigenvalue weighted by Crippen LogP contribution is 1.92. The summed E-state index contributed by atoms with van der Waals surface area (Å²) in [6.07, 6.45) is 4.68. The van der Waals surface area contributed by atoms with Crippen LogP contribution >= 0.6 is 12.2 Å². The quantitative estimate of drug-likeness (QED) is 0.346. The third kappa shape index (κ3) is 3.31. The number of nitrogens with zero attached hydrogens (tertiary/aromatic N) is 3. The van der Waals surface area contributed by atoms with Crippen molar-refractivity contribution in [1.82, 2.24) is 20.7 Å². The van der Waals surface area contributed by atoms with E-state index >= 15 is 0 Å². The summed E-state index contributed by atoms with van der Waals surface area (Å²) in [6.45, 7) is 0. The number of nitrogens with two attached hydrogens (primary N) is 1. The molecule has 74 valence electrons. The SMILES string of the molecule is CNC(=S)N/N=C/c1cnc(N)nc1. The van der Waals surface area contributed by atoms with Gasteiger partial charge in [0.15, 0.2) is 5.11 Å². The van der Waals surface area contributed by atoms with E-state index < -0.39 is 0 Å². The standard InChI is InChI=1S/C7H10N6S/c1-9-7(14)13-12-4-5-2-10-6(8)11-3-5/h2-4H,1H3,(H2,8,10,11)(H2,9,13,14)/b12-4+. The van der Waals surface area contributed by atoms with E-state index in [0.29, 0.717) is 5.11 Å². The minimum absolute atomic E-state index is 0.237. The summed E-state index contributed by atoms with van der Waals surface area (Å²) in [5, 5.41) is 7.00. The average Bonchev–Trinajstić information content (AvgIpc) is 2.21. The van der Waals surface area contributed by atoms with Gasteiger partial charge in [-0.1, -0.05) is 0 Å². The van der Waals surface area contributed by atoms with Crippen LogP contribution in [0.3, 0.4) is 0 Å². The van der Waals surface area contributed by atoms with Crippen LogP contribution in [0.2, 0.25) is 0 Å². The van der Waals surface area contributed by atoms with Crippen LogP contribution in [-0.4, -0.2) is 28.3 Å². The van der Waals surface area contributed by atoms with Gasteiger partial charge in [0.2, 0.25) is 5.95 Å². The van der Waals surface area contributed by atoms with Crippen LogP contribution in [0.25, 0.3) is 0 Å². The number of thiocarbonyl (C=S) groups is 1. The van der Waals surface area contributed by atoms with E-state index in [9.17, 15) is 0 Å². The first-order chi connectivity index (χ1) is 6.72. The minimum Gasteiger partial charge on any atom is -0.368 e. The molecule has 0 atom stereocenters. The Hall–Kier alpha value is -1.76. The van der Waals surface area contributed by atoms with Crippen LogP contribution in [0.15, 0.2) is 17.5 Å². The van der Waals surface area contributed by atoms with Crippen molar-refractivity contribution in [2.24, 2.45) is 5.10 Å². The molecule has 14 heavy (non-hydrogen) atoms. The normalized spacial score (nSPS) is 10.1. The lowest BCUT2D eigenvalue weighted by Crippen LogP contribution is -2.28. The first kappa shape index (κ1) is 10.3. The molecule has 0 radical (unpaired) electrons. The molecule has 0 aromatic carbocycles.